The number of thioether (sulfide) groups is 1. The Bertz CT molecular complexity index is 388. The molecule has 0 fully saturated rings. The van der Waals surface area contributed by atoms with E-state index in [1.54, 1.807) is 18.2 Å². The van der Waals surface area contributed by atoms with Gasteiger partial charge in [-0.05, 0) is 30.4 Å². The molecule has 0 aliphatic heterocycles. The molecular weight excluding hydrogens is 281 g/mol. The van der Waals surface area contributed by atoms with Gasteiger partial charge >= 0.3 is 0 Å². The van der Waals surface area contributed by atoms with Crippen molar-refractivity contribution >= 4 is 46.6 Å². The lowest BCUT2D eigenvalue weighted by atomic mass is 10.3. The highest BCUT2D eigenvalue weighted by molar-refractivity contribution is 7.99. The third-order valence-electron chi connectivity index (χ3n) is 1.88. The van der Waals surface area contributed by atoms with Crippen LogP contribution in [0.5, 0.6) is 0 Å². The number of aliphatic hydroxyl groups is 1. The van der Waals surface area contributed by atoms with Crippen LogP contribution in [0.15, 0.2) is 18.2 Å². The minimum absolute atomic E-state index is 0.128. The number of hydrogen-bond donors (Lipinski definition) is 2. The van der Waals surface area contributed by atoms with Crippen LogP contribution in [0.2, 0.25) is 10.0 Å². The molecule has 0 aliphatic carbocycles. The quantitative estimate of drug-likeness (QED) is 0.793. The first-order valence-electron chi connectivity index (χ1n) is 5.07. The summed E-state index contributed by atoms with van der Waals surface area (Å²) in [7, 11) is 0. The summed E-state index contributed by atoms with van der Waals surface area (Å²) in [4.78, 5) is 11.5. The first kappa shape index (κ1) is 14.6. The summed E-state index contributed by atoms with van der Waals surface area (Å²) in [6, 6.07) is 4.91. The summed E-state index contributed by atoms with van der Waals surface area (Å²) >= 11 is 13.2. The van der Waals surface area contributed by atoms with Crippen molar-refractivity contribution in [3.63, 3.8) is 0 Å². The lowest BCUT2D eigenvalue weighted by Gasteiger charge is -2.07. The molecule has 6 heteroatoms. The van der Waals surface area contributed by atoms with Crippen molar-refractivity contribution in [3.8, 4) is 0 Å². The Labute approximate surface area is 114 Å². The van der Waals surface area contributed by atoms with E-state index >= 15 is 0 Å². The average Bonchev–Trinajstić information content (AvgIpc) is 2.29. The molecule has 1 rings (SSSR count). The van der Waals surface area contributed by atoms with Crippen LogP contribution in [-0.2, 0) is 4.79 Å². The molecule has 1 amide bonds. The first-order chi connectivity index (χ1) is 8.13. The summed E-state index contributed by atoms with van der Waals surface area (Å²) in [6.07, 6.45) is 0.690. The predicted molar refractivity (Wildman–Crippen MR) is 74.1 cm³/mol. The normalized spacial score (nSPS) is 10.3. The SMILES string of the molecule is O=C(CSCCCO)Nc1cc(Cl)ccc1Cl. The van der Waals surface area contributed by atoms with Gasteiger partial charge < -0.3 is 10.4 Å². The maximum absolute atomic E-state index is 11.5. The van der Waals surface area contributed by atoms with E-state index in [2.05, 4.69) is 5.32 Å². The van der Waals surface area contributed by atoms with E-state index in [0.717, 1.165) is 5.75 Å². The van der Waals surface area contributed by atoms with E-state index in [1.165, 1.54) is 11.8 Å². The fraction of sp³-hybridized carbons (Fsp3) is 0.364. The van der Waals surface area contributed by atoms with Crippen LogP contribution < -0.4 is 5.32 Å². The molecule has 0 unspecified atom stereocenters. The summed E-state index contributed by atoms with van der Waals surface area (Å²) in [6.45, 7) is 0.148. The Balaban J connectivity index is 2.42. The number of rotatable bonds is 6. The lowest BCUT2D eigenvalue weighted by Crippen LogP contribution is -2.14. The molecule has 0 spiro atoms. The van der Waals surface area contributed by atoms with Crippen LogP contribution >= 0.6 is 35.0 Å². The second-order valence-electron chi connectivity index (χ2n) is 3.30. The highest BCUT2D eigenvalue weighted by atomic mass is 35.5. The van der Waals surface area contributed by atoms with Gasteiger partial charge in [-0.2, -0.15) is 11.8 Å². The van der Waals surface area contributed by atoms with Gasteiger partial charge in [-0.3, -0.25) is 4.79 Å². The van der Waals surface area contributed by atoms with Crippen molar-refractivity contribution in [2.45, 2.75) is 6.42 Å². The van der Waals surface area contributed by atoms with E-state index in [-0.39, 0.29) is 12.5 Å². The highest BCUT2D eigenvalue weighted by Gasteiger charge is 2.06. The number of carbonyl (C=O) groups excluding carboxylic acids is 1. The largest absolute Gasteiger partial charge is 0.396 e. The Morgan fingerprint density at radius 3 is 2.88 bits per heavy atom. The van der Waals surface area contributed by atoms with E-state index in [0.29, 0.717) is 27.9 Å². The van der Waals surface area contributed by atoms with Crippen molar-refractivity contribution in [2.75, 3.05) is 23.4 Å². The van der Waals surface area contributed by atoms with Gasteiger partial charge in [0.2, 0.25) is 5.91 Å². The van der Waals surface area contributed by atoms with Gasteiger partial charge in [0.15, 0.2) is 0 Å². The first-order valence-corrected chi connectivity index (χ1v) is 6.98. The summed E-state index contributed by atoms with van der Waals surface area (Å²) < 4.78 is 0. The fourth-order valence-electron chi connectivity index (χ4n) is 1.11. The molecule has 0 saturated carbocycles. The lowest BCUT2D eigenvalue weighted by molar-refractivity contribution is -0.113. The van der Waals surface area contributed by atoms with Crippen molar-refractivity contribution in [3.05, 3.63) is 28.2 Å². The summed E-state index contributed by atoms with van der Waals surface area (Å²) in [5, 5.41) is 12.3. The molecule has 0 aromatic heterocycles. The number of amides is 1. The van der Waals surface area contributed by atoms with Crippen LogP contribution in [-0.4, -0.2) is 29.1 Å². The van der Waals surface area contributed by atoms with Crippen LogP contribution in [0.1, 0.15) is 6.42 Å². The van der Waals surface area contributed by atoms with Crippen LogP contribution in [0.4, 0.5) is 5.69 Å². The number of benzene rings is 1. The number of anilines is 1. The summed E-state index contributed by atoms with van der Waals surface area (Å²) in [5.74, 6) is 0.966. The van der Waals surface area contributed by atoms with Crippen LogP contribution in [0.25, 0.3) is 0 Å². The Kier molecular flexibility index (Phi) is 6.73. The third kappa shape index (κ3) is 5.64. The molecule has 0 aliphatic rings. The maximum atomic E-state index is 11.5. The minimum Gasteiger partial charge on any atom is -0.396 e. The molecule has 0 radical (unpaired) electrons. The van der Waals surface area contributed by atoms with Gasteiger partial charge in [-0.25, -0.2) is 0 Å². The van der Waals surface area contributed by atoms with Gasteiger partial charge in [-0.1, -0.05) is 23.2 Å². The maximum Gasteiger partial charge on any atom is 0.234 e. The van der Waals surface area contributed by atoms with Crippen molar-refractivity contribution in [2.24, 2.45) is 0 Å². The molecular formula is C11H13Cl2NO2S. The van der Waals surface area contributed by atoms with Gasteiger partial charge in [0.05, 0.1) is 16.5 Å². The van der Waals surface area contributed by atoms with E-state index in [1.807, 2.05) is 0 Å². The standard InChI is InChI=1S/C11H13Cl2NO2S/c12-8-2-3-9(13)10(6-8)14-11(16)7-17-5-1-4-15/h2-3,6,15H,1,4-5,7H2,(H,14,16). The molecule has 0 heterocycles. The molecule has 2 N–H and O–H groups in total. The van der Waals surface area contributed by atoms with Crippen molar-refractivity contribution in [1.29, 1.82) is 0 Å². The fourth-order valence-corrected chi connectivity index (χ4v) is 2.18. The number of nitrogens with one attached hydrogen (secondary N) is 1. The van der Waals surface area contributed by atoms with Crippen molar-refractivity contribution in [1.82, 2.24) is 0 Å². The number of carbonyl (C=O) groups is 1. The smallest absolute Gasteiger partial charge is 0.234 e. The number of hydrogen-bond acceptors (Lipinski definition) is 3. The zero-order valence-corrected chi connectivity index (χ0v) is 11.4. The minimum atomic E-state index is -0.128. The average molecular weight is 294 g/mol. The predicted octanol–water partition coefficient (Wildman–Crippen LogP) is 3.05. The molecule has 0 atom stereocenters. The second-order valence-corrected chi connectivity index (χ2v) is 5.25. The van der Waals surface area contributed by atoms with E-state index in [4.69, 9.17) is 28.3 Å². The molecule has 0 bridgehead atoms. The third-order valence-corrected chi connectivity index (χ3v) is 3.49. The van der Waals surface area contributed by atoms with E-state index < -0.39 is 0 Å². The second kappa shape index (κ2) is 7.82. The molecule has 0 saturated heterocycles. The van der Waals surface area contributed by atoms with Gasteiger partial charge in [0.1, 0.15) is 0 Å². The van der Waals surface area contributed by atoms with Gasteiger partial charge in [-0.15, -0.1) is 0 Å². The van der Waals surface area contributed by atoms with Gasteiger partial charge in [0.25, 0.3) is 0 Å². The highest BCUT2D eigenvalue weighted by Crippen LogP contribution is 2.25. The summed E-state index contributed by atoms with van der Waals surface area (Å²) in [5.41, 5.74) is 0.520. The van der Waals surface area contributed by atoms with Gasteiger partial charge in [0, 0.05) is 11.6 Å². The van der Waals surface area contributed by atoms with E-state index in [9.17, 15) is 4.79 Å². The Morgan fingerprint density at radius 2 is 2.18 bits per heavy atom. The molecule has 1 aromatic carbocycles. The topological polar surface area (TPSA) is 49.3 Å². The zero-order chi connectivity index (χ0) is 12.7. The number of halogens is 2. The molecule has 3 nitrogen and oxygen atoms in total. The Morgan fingerprint density at radius 1 is 1.41 bits per heavy atom. The van der Waals surface area contributed by atoms with Crippen LogP contribution in [0.3, 0.4) is 0 Å². The zero-order valence-electron chi connectivity index (χ0n) is 9.08. The molecule has 1 aromatic rings. The number of aliphatic hydroxyl groups excluding tert-OH is 1. The van der Waals surface area contributed by atoms with Crippen molar-refractivity contribution < 1.29 is 9.90 Å². The molecule has 17 heavy (non-hydrogen) atoms. The monoisotopic (exact) mass is 293 g/mol. The Hall–Kier alpha value is -0.420. The molecule has 94 valence electrons. The van der Waals surface area contributed by atoms with Crippen LogP contribution in [0, 0.1) is 0 Å².